The van der Waals surface area contributed by atoms with Gasteiger partial charge in [0, 0.05) is 13.0 Å². The first-order valence-electron chi connectivity index (χ1n) is 8.55. The first-order valence-corrected chi connectivity index (χ1v) is 8.55. The van der Waals surface area contributed by atoms with Crippen molar-refractivity contribution in [3.63, 3.8) is 0 Å². The molecule has 0 heterocycles. The average Bonchev–Trinajstić information content (AvgIpc) is 2.53. The lowest BCUT2D eigenvalue weighted by molar-refractivity contribution is -0.144. The molecule has 0 aliphatic heterocycles. The van der Waals surface area contributed by atoms with E-state index in [4.69, 9.17) is 14.6 Å². The highest BCUT2D eigenvalue weighted by Gasteiger charge is 2.29. The van der Waals surface area contributed by atoms with E-state index in [0.717, 1.165) is 19.3 Å². The number of rotatable bonds is 11. The number of hydrogen-bond acceptors (Lipinski definition) is 4. The summed E-state index contributed by atoms with van der Waals surface area (Å²) in [5, 5.41) is 8.72. The highest BCUT2D eigenvalue weighted by Crippen LogP contribution is 2.27. The first-order chi connectivity index (χ1) is 11.0. The third-order valence-corrected chi connectivity index (χ3v) is 3.81. The molecule has 0 bridgehead atoms. The van der Waals surface area contributed by atoms with Gasteiger partial charge in [0.05, 0.1) is 12.0 Å². The molecule has 1 aromatic carbocycles. The van der Waals surface area contributed by atoms with Crippen molar-refractivity contribution < 1.29 is 19.4 Å². The number of esters is 1. The minimum atomic E-state index is -0.468. The van der Waals surface area contributed by atoms with Crippen molar-refractivity contribution >= 4 is 5.97 Å². The van der Waals surface area contributed by atoms with Crippen molar-refractivity contribution in [2.75, 3.05) is 13.2 Å². The van der Waals surface area contributed by atoms with E-state index in [0.29, 0.717) is 24.5 Å². The Hall–Kier alpha value is -1.55. The third-order valence-electron chi connectivity index (χ3n) is 3.81. The van der Waals surface area contributed by atoms with E-state index in [1.54, 1.807) is 24.3 Å². The molecule has 0 radical (unpaired) electrons. The second-order valence-corrected chi connectivity index (χ2v) is 6.48. The number of benzene rings is 1. The molecule has 1 N–H and O–H groups in total. The Morgan fingerprint density at radius 2 is 1.70 bits per heavy atom. The molecule has 0 aromatic heterocycles. The van der Waals surface area contributed by atoms with Crippen molar-refractivity contribution in [2.45, 2.75) is 59.3 Å². The van der Waals surface area contributed by atoms with Crippen LogP contribution in [0.2, 0.25) is 0 Å². The van der Waals surface area contributed by atoms with Crippen molar-refractivity contribution in [2.24, 2.45) is 5.41 Å². The van der Waals surface area contributed by atoms with Crippen LogP contribution in [0.25, 0.3) is 0 Å². The van der Waals surface area contributed by atoms with Crippen LogP contribution in [-0.4, -0.2) is 24.3 Å². The molecule has 23 heavy (non-hydrogen) atoms. The lowest BCUT2D eigenvalue weighted by Gasteiger charge is -2.22. The summed E-state index contributed by atoms with van der Waals surface area (Å²) in [5.74, 6) is 1.05. The maximum atomic E-state index is 12.3. The molecule has 1 aromatic rings. The van der Waals surface area contributed by atoms with Crippen LogP contribution in [0.15, 0.2) is 24.3 Å². The van der Waals surface area contributed by atoms with Gasteiger partial charge in [0.25, 0.3) is 0 Å². The number of hydrogen-bond donors (Lipinski definition) is 1. The summed E-state index contributed by atoms with van der Waals surface area (Å²) in [5.41, 5.74) is -0.468. The standard InChI is InChI=1S/C19H30O4/c1-4-5-6-7-13-19(2,3)18(21)23-17-11-9-16(10-12-17)22-15-8-14-20/h9-12,20H,4-8,13-15H2,1-3H3. The number of aliphatic hydroxyl groups excluding tert-OH is 1. The molecule has 0 saturated heterocycles. The number of aliphatic hydroxyl groups is 1. The fourth-order valence-corrected chi connectivity index (χ4v) is 2.20. The lowest BCUT2D eigenvalue weighted by Crippen LogP contribution is -2.29. The summed E-state index contributed by atoms with van der Waals surface area (Å²) >= 11 is 0. The normalized spacial score (nSPS) is 11.3. The Labute approximate surface area is 139 Å². The van der Waals surface area contributed by atoms with Gasteiger partial charge in [-0.05, 0) is 44.5 Å². The van der Waals surface area contributed by atoms with E-state index >= 15 is 0 Å². The number of unbranched alkanes of at least 4 members (excludes halogenated alkanes) is 3. The highest BCUT2D eigenvalue weighted by molar-refractivity contribution is 5.78. The highest BCUT2D eigenvalue weighted by atomic mass is 16.5. The molecular formula is C19H30O4. The molecule has 0 aliphatic rings. The molecule has 0 amide bonds. The third kappa shape index (κ3) is 7.51. The second kappa shape index (κ2) is 10.3. The van der Waals surface area contributed by atoms with Crippen LogP contribution in [0.5, 0.6) is 11.5 Å². The summed E-state index contributed by atoms with van der Waals surface area (Å²) in [6, 6.07) is 7.02. The SMILES string of the molecule is CCCCCCC(C)(C)C(=O)Oc1ccc(OCCCO)cc1. The van der Waals surface area contributed by atoms with Gasteiger partial charge >= 0.3 is 5.97 Å². The molecule has 1 rings (SSSR count). The van der Waals surface area contributed by atoms with E-state index in [1.807, 2.05) is 13.8 Å². The van der Waals surface area contributed by atoms with Gasteiger partial charge < -0.3 is 14.6 Å². The van der Waals surface area contributed by atoms with Crippen molar-refractivity contribution in [3.8, 4) is 11.5 Å². The van der Waals surface area contributed by atoms with Gasteiger partial charge in [0.2, 0.25) is 0 Å². The van der Waals surface area contributed by atoms with Crippen LogP contribution < -0.4 is 9.47 Å². The zero-order valence-corrected chi connectivity index (χ0v) is 14.6. The van der Waals surface area contributed by atoms with Gasteiger partial charge in [-0.2, -0.15) is 0 Å². The number of carbonyl (C=O) groups excluding carboxylic acids is 1. The predicted molar refractivity (Wildman–Crippen MR) is 91.8 cm³/mol. The molecule has 0 atom stereocenters. The second-order valence-electron chi connectivity index (χ2n) is 6.48. The van der Waals surface area contributed by atoms with E-state index in [-0.39, 0.29) is 12.6 Å². The zero-order valence-electron chi connectivity index (χ0n) is 14.6. The number of carbonyl (C=O) groups is 1. The topological polar surface area (TPSA) is 55.8 Å². The van der Waals surface area contributed by atoms with Crippen LogP contribution in [0.3, 0.4) is 0 Å². The van der Waals surface area contributed by atoms with Gasteiger partial charge in [-0.25, -0.2) is 0 Å². The minimum Gasteiger partial charge on any atom is -0.494 e. The Kier molecular flexibility index (Phi) is 8.70. The Bertz CT molecular complexity index is 451. The van der Waals surface area contributed by atoms with Crippen LogP contribution >= 0.6 is 0 Å². The summed E-state index contributed by atoms with van der Waals surface area (Å²) in [4.78, 5) is 12.3. The Balaban J connectivity index is 2.46. The van der Waals surface area contributed by atoms with Gasteiger partial charge in [-0.3, -0.25) is 4.79 Å². The Morgan fingerprint density at radius 3 is 2.30 bits per heavy atom. The lowest BCUT2D eigenvalue weighted by atomic mass is 9.87. The summed E-state index contributed by atoms with van der Waals surface area (Å²) in [6.45, 7) is 6.64. The molecule has 0 unspecified atom stereocenters. The van der Waals surface area contributed by atoms with Crippen LogP contribution in [0.4, 0.5) is 0 Å². The van der Waals surface area contributed by atoms with Gasteiger partial charge in [-0.15, -0.1) is 0 Å². The fraction of sp³-hybridized carbons (Fsp3) is 0.632. The first kappa shape index (κ1) is 19.5. The molecule has 0 saturated carbocycles. The maximum Gasteiger partial charge on any atom is 0.316 e. The predicted octanol–water partition coefficient (Wildman–Crippen LogP) is 4.35. The molecule has 0 fully saturated rings. The van der Waals surface area contributed by atoms with Crippen LogP contribution in [0.1, 0.15) is 59.3 Å². The maximum absolute atomic E-state index is 12.3. The summed E-state index contributed by atoms with van der Waals surface area (Å²) in [6.07, 6.45) is 6.05. The van der Waals surface area contributed by atoms with E-state index in [1.165, 1.54) is 12.8 Å². The van der Waals surface area contributed by atoms with E-state index < -0.39 is 5.41 Å². The van der Waals surface area contributed by atoms with Crippen molar-refractivity contribution in [3.05, 3.63) is 24.3 Å². The molecule has 130 valence electrons. The van der Waals surface area contributed by atoms with E-state index in [9.17, 15) is 4.79 Å². The molecule has 0 aliphatic carbocycles. The number of ether oxygens (including phenoxy) is 2. The van der Waals surface area contributed by atoms with Gasteiger partial charge in [-0.1, -0.05) is 32.6 Å². The largest absolute Gasteiger partial charge is 0.494 e. The fourth-order valence-electron chi connectivity index (χ4n) is 2.20. The van der Waals surface area contributed by atoms with Crippen molar-refractivity contribution in [1.82, 2.24) is 0 Å². The quantitative estimate of drug-likeness (QED) is 0.374. The van der Waals surface area contributed by atoms with Crippen LogP contribution in [0, 0.1) is 5.41 Å². The van der Waals surface area contributed by atoms with Gasteiger partial charge in [0.1, 0.15) is 11.5 Å². The molecule has 4 heteroatoms. The smallest absolute Gasteiger partial charge is 0.316 e. The Morgan fingerprint density at radius 1 is 1.04 bits per heavy atom. The average molecular weight is 322 g/mol. The minimum absolute atomic E-state index is 0.114. The molecule has 0 spiro atoms. The monoisotopic (exact) mass is 322 g/mol. The molecular weight excluding hydrogens is 292 g/mol. The zero-order chi connectivity index (χ0) is 17.1. The van der Waals surface area contributed by atoms with E-state index in [2.05, 4.69) is 6.92 Å². The van der Waals surface area contributed by atoms with Crippen LogP contribution in [-0.2, 0) is 4.79 Å². The summed E-state index contributed by atoms with van der Waals surface area (Å²) < 4.78 is 10.9. The molecule has 4 nitrogen and oxygen atoms in total. The summed E-state index contributed by atoms with van der Waals surface area (Å²) in [7, 11) is 0. The van der Waals surface area contributed by atoms with Crippen molar-refractivity contribution in [1.29, 1.82) is 0 Å². The van der Waals surface area contributed by atoms with Gasteiger partial charge in [0.15, 0.2) is 0 Å².